The molecule has 0 saturated carbocycles. The van der Waals surface area contributed by atoms with Gasteiger partial charge in [0.2, 0.25) is 0 Å². The number of rotatable bonds is 3. The molecule has 1 aliphatic rings. The van der Waals surface area contributed by atoms with Crippen molar-refractivity contribution in [2.45, 2.75) is 52.0 Å². The first-order chi connectivity index (χ1) is 13.6. The number of hydrogen-bond acceptors (Lipinski definition) is 4. The van der Waals surface area contributed by atoms with Crippen LogP contribution in [-0.4, -0.2) is 14.5 Å². The molecule has 142 valence electrons. The Balaban J connectivity index is 1.74. The molecule has 5 rings (SSSR count). The SMILES string of the molecule is CC(C)c1nc2sc3c(=O)n(Cc4ccccc4)cnc3c2c2c1CCCC2. The first-order valence-electron chi connectivity index (χ1n) is 10.0. The summed E-state index contributed by atoms with van der Waals surface area (Å²) in [5, 5.41) is 1.13. The summed E-state index contributed by atoms with van der Waals surface area (Å²) < 4.78 is 2.44. The van der Waals surface area contributed by atoms with Gasteiger partial charge in [-0.1, -0.05) is 44.2 Å². The minimum atomic E-state index is 0.0347. The molecule has 4 nitrogen and oxygen atoms in total. The molecule has 0 spiro atoms. The molecule has 0 radical (unpaired) electrons. The summed E-state index contributed by atoms with van der Waals surface area (Å²) in [5.74, 6) is 0.393. The van der Waals surface area contributed by atoms with Crippen LogP contribution in [0.15, 0.2) is 41.5 Å². The number of fused-ring (bicyclic) bond motifs is 5. The van der Waals surface area contributed by atoms with Gasteiger partial charge in [0, 0.05) is 11.1 Å². The van der Waals surface area contributed by atoms with Gasteiger partial charge in [-0.05, 0) is 48.3 Å². The number of benzene rings is 1. The largest absolute Gasteiger partial charge is 0.294 e. The van der Waals surface area contributed by atoms with E-state index in [1.165, 1.54) is 41.0 Å². The predicted octanol–water partition coefficient (Wildman–Crippen LogP) is 5.06. The Hall–Kier alpha value is -2.53. The molecule has 1 aliphatic carbocycles. The average molecular weight is 390 g/mol. The van der Waals surface area contributed by atoms with Crippen LogP contribution in [0.5, 0.6) is 0 Å². The van der Waals surface area contributed by atoms with Crippen molar-refractivity contribution in [3.63, 3.8) is 0 Å². The van der Waals surface area contributed by atoms with Crippen molar-refractivity contribution in [3.8, 4) is 0 Å². The fourth-order valence-corrected chi connectivity index (χ4v) is 5.47. The van der Waals surface area contributed by atoms with Crippen LogP contribution in [-0.2, 0) is 19.4 Å². The third-order valence-electron chi connectivity index (χ3n) is 5.69. The minimum Gasteiger partial charge on any atom is -0.294 e. The van der Waals surface area contributed by atoms with Crippen LogP contribution in [0, 0.1) is 0 Å². The third kappa shape index (κ3) is 2.76. The van der Waals surface area contributed by atoms with E-state index in [4.69, 9.17) is 9.97 Å². The topological polar surface area (TPSA) is 47.8 Å². The Morgan fingerprint density at radius 1 is 1.11 bits per heavy atom. The summed E-state index contributed by atoms with van der Waals surface area (Å²) in [6.45, 7) is 4.96. The van der Waals surface area contributed by atoms with Gasteiger partial charge in [0.25, 0.3) is 5.56 Å². The van der Waals surface area contributed by atoms with Gasteiger partial charge in [-0.15, -0.1) is 11.3 Å². The Morgan fingerprint density at radius 2 is 1.86 bits per heavy atom. The van der Waals surface area contributed by atoms with E-state index in [0.717, 1.165) is 38.8 Å². The van der Waals surface area contributed by atoms with Gasteiger partial charge < -0.3 is 0 Å². The lowest BCUT2D eigenvalue weighted by atomic mass is 9.86. The molecule has 0 atom stereocenters. The second-order valence-corrected chi connectivity index (χ2v) is 8.94. The zero-order valence-corrected chi connectivity index (χ0v) is 17.1. The summed E-state index contributed by atoms with van der Waals surface area (Å²) in [6.07, 6.45) is 6.28. The van der Waals surface area contributed by atoms with Crippen LogP contribution < -0.4 is 5.56 Å². The molecule has 0 fully saturated rings. The molecule has 5 heteroatoms. The normalized spacial score (nSPS) is 14.1. The lowest BCUT2D eigenvalue weighted by molar-refractivity contribution is 0.667. The molecular formula is C23H23N3OS. The lowest BCUT2D eigenvalue weighted by Crippen LogP contribution is -2.20. The summed E-state index contributed by atoms with van der Waals surface area (Å²) in [5.41, 5.74) is 5.98. The molecule has 28 heavy (non-hydrogen) atoms. The van der Waals surface area contributed by atoms with Crippen molar-refractivity contribution in [1.29, 1.82) is 0 Å². The van der Waals surface area contributed by atoms with Crippen molar-refractivity contribution in [3.05, 3.63) is 69.4 Å². The second-order valence-electron chi connectivity index (χ2n) is 7.94. The fourth-order valence-electron chi connectivity index (χ4n) is 4.35. The highest BCUT2D eigenvalue weighted by atomic mass is 32.1. The molecule has 4 aromatic rings. The first-order valence-corrected chi connectivity index (χ1v) is 10.8. The zero-order valence-electron chi connectivity index (χ0n) is 16.2. The quantitative estimate of drug-likeness (QED) is 0.492. The van der Waals surface area contributed by atoms with Crippen LogP contribution >= 0.6 is 11.3 Å². The highest BCUT2D eigenvalue weighted by molar-refractivity contribution is 7.25. The van der Waals surface area contributed by atoms with E-state index in [1.54, 1.807) is 10.9 Å². The van der Waals surface area contributed by atoms with Crippen molar-refractivity contribution >= 4 is 31.8 Å². The molecule has 0 saturated heterocycles. The van der Waals surface area contributed by atoms with Gasteiger partial charge in [-0.25, -0.2) is 9.97 Å². The van der Waals surface area contributed by atoms with Crippen molar-refractivity contribution in [2.75, 3.05) is 0 Å². The third-order valence-corrected chi connectivity index (χ3v) is 6.75. The molecular weight excluding hydrogens is 366 g/mol. The van der Waals surface area contributed by atoms with Gasteiger partial charge in [-0.3, -0.25) is 9.36 Å². The van der Waals surface area contributed by atoms with Crippen molar-refractivity contribution in [1.82, 2.24) is 14.5 Å². The highest BCUT2D eigenvalue weighted by Gasteiger charge is 2.24. The van der Waals surface area contributed by atoms with E-state index in [1.807, 2.05) is 30.3 Å². The standard InChI is InChI=1S/C23H23N3OS/c1-14(2)19-17-11-7-6-10-16(17)18-20-21(28-22(18)25-19)23(27)26(13-24-20)12-15-8-4-3-5-9-15/h3-5,8-9,13-14H,6-7,10-12H2,1-2H3. The summed E-state index contributed by atoms with van der Waals surface area (Å²) in [7, 11) is 0. The van der Waals surface area contributed by atoms with Crippen molar-refractivity contribution in [2.24, 2.45) is 0 Å². The van der Waals surface area contributed by atoms with Crippen LogP contribution in [0.3, 0.4) is 0 Å². The molecule has 3 heterocycles. The number of aryl methyl sites for hydroxylation is 1. The van der Waals surface area contributed by atoms with Gasteiger partial charge in [0.05, 0.1) is 18.4 Å². The van der Waals surface area contributed by atoms with E-state index >= 15 is 0 Å². The van der Waals surface area contributed by atoms with Gasteiger partial charge in [0.15, 0.2) is 0 Å². The van der Waals surface area contributed by atoms with Gasteiger partial charge in [-0.2, -0.15) is 0 Å². The summed E-state index contributed by atoms with van der Waals surface area (Å²) >= 11 is 1.51. The first kappa shape index (κ1) is 17.6. The molecule has 0 unspecified atom stereocenters. The van der Waals surface area contributed by atoms with Crippen LogP contribution in [0.25, 0.3) is 20.4 Å². The maximum Gasteiger partial charge on any atom is 0.271 e. The molecule has 0 N–H and O–H groups in total. The maximum atomic E-state index is 13.2. The van der Waals surface area contributed by atoms with Crippen LogP contribution in [0.2, 0.25) is 0 Å². The Bertz CT molecular complexity index is 1240. The number of aromatic nitrogens is 3. The molecule has 3 aromatic heterocycles. The molecule has 1 aromatic carbocycles. The number of nitrogens with zero attached hydrogens (tertiary/aromatic N) is 3. The van der Waals surface area contributed by atoms with E-state index in [9.17, 15) is 4.79 Å². The number of pyridine rings is 1. The lowest BCUT2D eigenvalue weighted by Gasteiger charge is -2.21. The Morgan fingerprint density at radius 3 is 2.61 bits per heavy atom. The predicted molar refractivity (Wildman–Crippen MR) is 115 cm³/mol. The zero-order chi connectivity index (χ0) is 19.3. The van der Waals surface area contributed by atoms with Crippen molar-refractivity contribution < 1.29 is 0 Å². The smallest absolute Gasteiger partial charge is 0.271 e. The van der Waals surface area contributed by atoms with Gasteiger partial charge in [0.1, 0.15) is 9.53 Å². The molecule has 0 bridgehead atoms. The summed E-state index contributed by atoms with van der Waals surface area (Å²) in [6, 6.07) is 10.1. The Kier molecular flexibility index (Phi) is 4.27. The fraction of sp³-hybridized carbons (Fsp3) is 0.348. The average Bonchev–Trinajstić information content (AvgIpc) is 3.10. The highest BCUT2D eigenvalue weighted by Crippen LogP contribution is 2.39. The Labute approximate surface area is 167 Å². The monoisotopic (exact) mass is 389 g/mol. The molecule has 0 aliphatic heterocycles. The van der Waals surface area contributed by atoms with E-state index in [0.29, 0.717) is 12.5 Å². The van der Waals surface area contributed by atoms with E-state index in [-0.39, 0.29) is 5.56 Å². The number of thiophene rings is 1. The van der Waals surface area contributed by atoms with Crippen LogP contribution in [0.1, 0.15) is 55.0 Å². The van der Waals surface area contributed by atoms with E-state index < -0.39 is 0 Å². The summed E-state index contributed by atoms with van der Waals surface area (Å²) in [4.78, 5) is 23.9. The van der Waals surface area contributed by atoms with E-state index in [2.05, 4.69) is 13.8 Å². The maximum absolute atomic E-state index is 13.2. The van der Waals surface area contributed by atoms with Crippen LogP contribution in [0.4, 0.5) is 0 Å². The minimum absolute atomic E-state index is 0.0347. The number of hydrogen-bond donors (Lipinski definition) is 0. The molecule has 0 amide bonds. The second kappa shape index (κ2) is 6.82. The van der Waals surface area contributed by atoms with Gasteiger partial charge >= 0.3 is 0 Å².